The molecule has 4 heteroatoms. The molecule has 2 unspecified atom stereocenters. The van der Waals surface area contributed by atoms with E-state index >= 15 is 0 Å². The minimum atomic E-state index is -0.866. The smallest absolute Gasteiger partial charge is 0.305 e. The third-order valence-corrected chi connectivity index (χ3v) is 0.760. The van der Waals surface area contributed by atoms with Crippen LogP contribution >= 0.6 is 20.8 Å². The fourth-order valence-electron chi connectivity index (χ4n) is 0.167. The molecule has 0 aliphatic carbocycles. The highest BCUT2D eigenvalue weighted by Crippen LogP contribution is 2.08. The summed E-state index contributed by atoms with van der Waals surface area (Å²) in [6.07, 6.45) is 0.00617. The molecule has 0 amide bonds. The Morgan fingerprint density at radius 2 is 2.43 bits per heavy atom. The van der Waals surface area contributed by atoms with Crippen molar-refractivity contribution in [3.05, 3.63) is 0 Å². The summed E-state index contributed by atoms with van der Waals surface area (Å²) in [7, 11) is 2.19. The Labute approximate surface area is 49.1 Å². The van der Waals surface area contributed by atoms with Crippen molar-refractivity contribution in [3.8, 4) is 0 Å². The molecular formula is C3H6ClO2P. The van der Waals surface area contributed by atoms with Gasteiger partial charge in [0.2, 0.25) is 0 Å². The van der Waals surface area contributed by atoms with Gasteiger partial charge in [-0.1, -0.05) is 0 Å². The maximum atomic E-state index is 9.71. The monoisotopic (exact) mass is 140 g/mol. The van der Waals surface area contributed by atoms with Gasteiger partial charge in [-0.3, -0.25) is 4.79 Å². The fourth-order valence-corrected chi connectivity index (χ4v) is 0.500. The number of rotatable bonds is 2. The second kappa shape index (κ2) is 3.23. The second-order valence-electron chi connectivity index (χ2n) is 1.11. The van der Waals surface area contributed by atoms with Crippen LogP contribution in [0.1, 0.15) is 6.42 Å². The van der Waals surface area contributed by atoms with E-state index in [9.17, 15) is 4.79 Å². The first kappa shape index (κ1) is 7.19. The molecule has 0 rings (SSSR count). The van der Waals surface area contributed by atoms with Crippen LogP contribution in [0, 0.1) is 0 Å². The van der Waals surface area contributed by atoms with Crippen LogP contribution in [-0.2, 0) is 4.79 Å². The van der Waals surface area contributed by atoms with Crippen LogP contribution < -0.4 is 0 Å². The summed E-state index contributed by atoms with van der Waals surface area (Å²) in [5.74, 6) is -0.866. The Bertz CT molecular complexity index is 73.3. The van der Waals surface area contributed by atoms with Gasteiger partial charge in [0, 0.05) is 0 Å². The Morgan fingerprint density at radius 1 is 2.00 bits per heavy atom. The van der Waals surface area contributed by atoms with Crippen LogP contribution in [0.15, 0.2) is 0 Å². The SMILES string of the molecule is O=C(O)CC(P)Cl. The zero-order chi connectivity index (χ0) is 5.86. The molecule has 0 saturated carbocycles. The van der Waals surface area contributed by atoms with E-state index in [-0.39, 0.29) is 11.5 Å². The van der Waals surface area contributed by atoms with Crippen molar-refractivity contribution in [2.24, 2.45) is 0 Å². The fraction of sp³-hybridized carbons (Fsp3) is 0.667. The molecule has 0 saturated heterocycles. The van der Waals surface area contributed by atoms with E-state index in [2.05, 4.69) is 9.24 Å². The zero-order valence-electron chi connectivity index (χ0n) is 3.60. The molecule has 0 aliphatic heterocycles. The van der Waals surface area contributed by atoms with E-state index in [1.54, 1.807) is 0 Å². The van der Waals surface area contributed by atoms with Crippen LogP contribution in [0.5, 0.6) is 0 Å². The predicted molar refractivity (Wildman–Crippen MR) is 31.6 cm³/mol. The van der Waals surface area contributed by atoms with Gasteiger partial charge in [0.25, 0.3) is 0 Å². The van der Waals surface area contributed by atoms with Crippen LogP contribution in [0.2, 0.25) is 0 Å². The number of carbonyl (C=O) groups is 1. The lowest BCUT2D eigenvalue weighted by Crippen LogP contribution is -1.98. The summed E-state index contributed by atoms with van der Waals surface area (Å²) in [6, 6.07) is 0. The van der Waals surface area contributed by atoms with Crippen molar-refractivity contribution in [1.82, 2.24) is 0 Å². The molecule has 0 bridgehead atoms. The summed E-state index contributed by atoms with van der Waals surface area (Å²) in [6.45, 7) is 0. The lowest BCUT2D eigenvalue weighted by Gasteiger charge is -1.91. The Balaban J connectivity index is 3.13. The average molecular weight is 141 g/mol. The van der Waals surface area contributed by atoms with Crippen LogP contribution in [0.4, 0.5) is 0 Å². The molecule has 1 N–H and O–H groups in total. The van der Waals surface area contributed by atoms with E-state index in [1.807, 2.05) is 0 Å². The first-order valence-corrected chi connectivity index (χ1v) is 2.84. The third-order valence-electron chi connectivity index (χ3n) is 0.370. The summed E-state index contributed by atoms with van der Waals surface area (Å²) in [5, 5.41) is 7.65. The predicted octanol–water partition coefficient (Wildman–Crippen LogP) is 0.901. The molecule has 0 spiro atoms. The van der Waals surface area contributed by atoms with Gasteiger partial charge in [-0.25, -0.2) is 0 Å². The number of aliphatic carboxylic acids is 1. The van der Waals surface area contributed by atoms with Crippen molar-refractivity contribution < 1.29 is 9.90 Å². The minimum absolute atomic E-state index is 0.00617. The molecular weight excluding hydrogens is 134 g/mol. The molecule has 0 fully saturated rings. The van der Waals surface area contributed by atoms with Gasteiger partial charge < -0.3 is 5.11 Å². The van der Waals surface area contributed by atoms with E-state index < -0.39 is 5.97 Å². The third kappa shape index (κ3) is 6.19. The highest BCUT2D eigenvalue weighted by Gasteiger charge is 2.00. The van der Waals surface area contributed by atoms with Crippen molar-refractivity contribution in [2.75, 3.05) is 0 Å². The number of hydrogen-bond acceptors (Lipinski definition) is 1. The summed E-state index contributed by atoms with van der Waals surface area (Å²) in [4.78, 5) is 9.71. The average Bonchev–Trinajstić information content (AvgIpc) is 1.27. The van der Waals surface area contributed by atoms with E-state index in [4.69, 9.17) is 16.7 Å². The summed E-state index contributed by atoms with van der Waals surface area (Å²) >= 11 is 5.25. The molecule has 0 aromatic heterocycles. The van der Waals surface area contributed by atoms with E-state index in [0.717, 1.165) is 0 Å². The molecule has 0 radical (unpaired) electrons. The lowest BCUT2D eigenvalue weighted by atomic mass is 10.5. The van der Waals surface area contributed by atoms with Crippen LogP contribution in [0.3, 0.4) is 0 Å². The molecule has 0 aromatic carbocycles. The Kier molecular flexibility index (Phi) is 3.31. The number of carboxylic acid groups (broad SMARTS) is 1. The van der Waals surface area contributed by atoms with Crippen LogP contribution in [-0.4, -0.2) is 16.2 Å². The maximum Gasteiger partial charge on any atom is 0.305 e. The van der Waals surface area contributed by atoms with Crippen molar-refractivity contribution >= 4 is 26.8 Å². The zero-order valence-corrected chi connectivity index (χ0v) is 5.51. The summed E-state index contributed by atoms with van der Waals surface area (Å²) < 4.78 is 0. The van der Waals surface area contributed by atoms with E-state index in [1.165, 1.54) is 0 Å². The molecule has 7 heavy (non-hydrogen) atoms. The molecule has 2 nitrogen and oxygen atoms in total. The molecule has 42 valence electrons. The molecule has 2 atom stereocenters. The van der Waals surface area contributed by atoms with Gasteiger partial charge in [0.15, 0.2) is 0 Å². The van der Waals surface area contributed by atoms with Gasteiger partial charge >= 0.3 is 5.97 Å². The normalized spacial score (nSPS) is 13.4. The van der Waals surface area contributed by atoms with Crippen molar-refractivity contribution in [1.29, 1.82) is 0 Å². The lowest BCUT2D eigenvalue weighted by molar-refractivity contribution is -0.136. The quantitative estimate of drug-likeness (QED) is 0.457. The highest BCUT2D eigenvalue weighted by molar-refractivity contribution is 7.21. The first-order valence-electron chi connectivity index (χ1n) is 1.74. The number of carboxylic acids is 1. The standard InChI is InChI=1S/C3H6ClO2P/c4-2(7)1-3(5)6/h2H,1,7H2,(H,5,6). The van der Waals surface area contributed by atoms with Gasteiger partial charge in [0.1, 0.15) is 0 Å². The van der Waals surface area contributed by atoms with Crippen molar-refractivity contribution in [3.63, 3.8) is 0 Å². The molecule has 0 aliphatic rings. The van der Waals surface area contributed by atoms with Gasteiger partial charge in [-0.15, -0.1) is 20.8 Å². The maximum absolute atomic E-state index is 9.71. The number of alkyl halides is 1. The molecule has 0 aromatic rings. The summed E-state index contributed by atoms with van der Waals surface area (Å²) in [5.41, 5.74) is 0. The number of hydrogen-bond donors (Lipinski definition) is 1. The highest BCUT2D eigenvalue weighted by atomic mass is 35.5. The van der Waals surface area contributed by atoms with Gasteiger partial charge in [-0.2, -0.15) is 0 Å². The Hall–Kier alpha value is 0.190. The number of halogens is 1. The molecule has 0 heterocycles. The van der Waals surface area contributed by atoms with E-state index in [0.29, 0.717) is 0 Å². The van der Waals surface area contributed by atoms with Gasteiger partial charge in [-0.05, 0) is 0 Å². The largest absolute Gasteiger partial charge is 0.481 e. The van der Waals surface area contributed by atoms with Crippen molar-refractivity contribution in [2.45, 2.75) is 11.5 Å². The van der Waals surface area contributed by atoms with Gasteiger partial charge in [0.05, 0.1) is 11.5 Å². The Morgan fingerprint density at radius 3 is 2.43 bits per heavy atom. The minimum Gasteiger partial charge on any atom is -0.481 e. The first-order chi connectivity index (χ1) is 3.13. The second-order valence-corrected chi connectivity index (χ2v) is 2.90. The van der Waals surface area contributed by atoms with Crippen LogP contribution in [0.25, 0.3) is 0 Å². The topological polar surface area (TPSA) is 37.3 Å².